The molecule has 1 aliphatic heterocycles. The second kappa shape index (κ2) is 9.78. The molecule has 2 heterocycles. The smallest absolute Gasteiger partial charge is 0.219 e. The summed E-state index contributed by atoms with van der Waals surface area (Å²) in [6, 6.07) is 8.55. The van der Waals surface area contributed by atoms with E-state index >= 15 is 0 Å². The van der Waals surface area contributed by atoms with Crippen LogP contribution in [0.2, 0.25) is 0 Å². The Hall–Kier alpha value is -1.79. The molecule has 0 aliphatic carbocycles. The van der Waals surface area contributed by atoms with Gasteiger partial charge in [0.2, 0.25) is 15.7 Å². The van der Waals surface area contributed by atoms with Gasteiger partial charge in [-0.1, -0.05) is 0 Å². The highest BCUT2D eigenvalue weighted by molar-refractivity contribution is 7.93. The van der Waals surface area contributed by atoms with Crippen molar-refractivity contribution in [3.05, 3.63) is 41.3 Å². The summed E-state index contributed by atoms with van der Waals surface area (Å²) in [5.74, 6) is -0.0319. The van der Waals surface area contributed by atoms with Crippen LogP contribution in [0.5, 0.6) is 0 Å². The minimum atomic E-state index is -3.71. The summed E-state index contributed by atoms with van der Waals surface area (Å²) in [5, 5.41) is 0. The lowest BCUT2D eigenvalue weighted by atomic mass is 10.4. The molecule has 0 bridgehead atoms. The first kappa shape index (κ1) is 23.9. The number of hydrogen-bond donors (Lipinski definition) is 1. The standard InChI is InChI=1S/C20H27N3O5S3/c1-16(24)23-10-2-9-22(11-12-23)13-14-30(25,26)18-4-6-19(7-5-18)31(27,28)20-8-3-17(15-21)29-20/h3-8H,2,9-15,21H2,1H3. The number of thiophene rings is 1. The van der Waals surface area contributed by atoms with Crippen molar-refractivity contribution in [3.63, 3.8) is 0 Å². The first-order chi connectivity index (χ1) is 14.6. The third kappa shape index (κ3) is 5.72. The molecule has 8 nitrogen and oxygen atoms in total. The van der Waals surface area contributed by atoms with E-state index in [0.717, 1.165) is 29.2 Å². The van der Waals surface area contributed by atoms with E-state index in [0.29, 0.717) is 26.2 Å². The lowest BCUT2D eigenvalue weighted by Crippen LogP contribution is -2.35. The summed E-state index contributed by atoms with van der Waals surface area (Å²) in [6.07, 6.45) is 0.806. The van der Waals surface area contributed by atoms with E-state index in [2.05, 4.69) is 0 Å². The third-order valence-electron chi connectivity index (χ3n) is 5.31. The van der Waals surface area contributed by atoms with Crippen LogP contribution in [0.1, 0.15) is 18.2 Å². The number of nitrogens with two attached hydrogens (primary N) is 1. The fourth-order valence-electron chi connectivity index (χ4n) is 3.43. The van der Waals surface area contributed by atoms with Crippen LogP contribution >= 0.6 is 11.3 Å². The number of hydrogen-bond acceptors (Lipinski definition) is 8. The maximum atomic E-state index is 12.8. The Kier molecular flexibility index (Phi) is 7.53. The van der Waals surface area contributed by atoms with Gasteiger partial charge in [0.15, 0.2) is 9.84 Å². The maximum Gasteiger partial charge on any atom is 0.219 e. The van der Waals surface area contributed by atoms with Crippen LogP contribution in [0.4, 0.5) is 0 Å². The van der Waals surface area contributed by atoms with Crippen molar-refractivity contribution in [2.75, 3.05) is 38.5 Å². The Morgan fingerprint density at radius 3 is 2.26 bits per heavy atom. The van der Waals surface area contributed by atoms with Crippen molar-refractivity contribution in [3.8, 4) is 0 Å². The van der Waals surface area contributed by atoms with E-state index in [1.54, 1.807) is 17.9 Å². The van der Waals surface area contributed by atoms with E-state index in [4.69, 9.17) is 5.73 Å². The second-order valence-electron chi connectivity index (χ2n) is 7.42. The predicted molar refractivity (Wildman–Crippen MR) is 119 cm³/mol. The SMILES string of the molecule is CC(=O)N1CCCN(CCS(=O)(=O)c2ccc(S(=O)(=O)c3ccc(CN)s3)cc2)CC1. The number of carbonyl (C=O) groups is 1. The van der Waals surface area contributed by atoms with Crippen molar-refractivity contribution in [1.29, 1.82) is 0 Å². The average molecular weight is 486 g/mol. The van der Waals surface area contributed by atoms with E-state index in [1.807, 2.05) is 4.90 Å². The summed E-state index contributed by atoms with van der Waals surface area (Å²) < 4.78 is 51.2. The van der Waals surface area contributed by atoms with Gasteiger partial charge in [0.1, 0.15) is 4.21 Å². The third-order valence-corrected chi connectivity index (χ3v) is 10.4. The molecule has 11 heteroatoms. The Labute approximate surface area is 187 Å². The Morgan fingerprint density at radius 1 is 0.968 bits per heavy atom. The van der Waals surface area contributed by atoms with Crippen LogP contribution < -0.4 is 5.73 Å². The topological polar surface area (TPSA) is 118 Å². The molecule has 1 aliphatic rings. The maximum absolute atomic E-state index is 12.8. The van der Waals surface area contributed by atoms with Crippen LogP contribution in [0.3, 0.4) is 0 Å². The van der Waals surface area contributed by atoms with Crippen LogP contribution in [0, 0.1) is 0 Å². The van der Waals surface area contributed by atoms with Gasteiger partial charge < -0.3 is 15.5 Å². The summed E-state index contributed by atoms with van der Waals surface area (Å²) >= 11 is 1.11. The molecular weight excluding hydrogens is 458 g/mol. The minimum Gasteiger partial charge on any atom is -0.342 e. The van der Waals surface area contributed by atoms with Crippen molar-refractivity contribution in [2.45, 2.75) is 33.9 Å². The molecule has 1 fully saturated rings. The van der Waals surface area contributed by atoms with Crippen molar-refractivity contribution < 1.29 is 21.6 Å². The lowest BCUT2D eigenvalue weighted by Gasteiger charge is -2.21. The molecule has 0 spiro atoms. The van der Waals surface area contributed by atoms with E-state index in [-0.39, 0.29) is 32.2 Å². The van der Waals surface area contributed by atoms with Crippen LogP contribution in [-0.4, -0.2) is 71.0 Å². The quantitative estimate of drug-likeness (QED) is 0.629. The van der Waals surface area contributed by atoms with Gasteiger partial charge >= 0.3 is 0 Å². The van der Waals surface area contributed by atoms with Crippen LogP contribution in [0.15, 0.2) is 50.4 Å². The molecule has 3 rings (SSSR count). The zero-order chi connectivity index (χ0) is 22.6. The molecule has 1 amide bonds. The van der Waals surface area contributed by atoms with Crippen molar-refractivity contribution >= 4 is 36.9 Å². The van der Waals surface area contributed by atoms with Crippen LogP contribution in [-0.2, 0) is 31.0 Å². The van der Waals surface area contributed by atoms with Gasteiger partial charge in [-0.3, -0.25) is 4.79 Å². The highest BCUT2D eigenvalue weighted by Crippen LogP contribution is 2.28. The van der Waals surface area contributed by atoms with Gasteiger partial charge in [0, 0.05) is 44.5 Å². The predicted octanol–water partition coefficient (Wildman–Crippen LogP) is 1.37. The fraction of sp³-hybridized carbons (Fsp3) is 0.450. The summed E-state index contributed by atoms with van der Waals surface area (Å²) in [5.41, 5.74) is 5.55. The van der Waals surface area contributed by atoms with Gasteiger partial charge in [0.25, 0.3) is 0 Å². The molecule has 2 aromatic rings. The summed E-state index contributed by atoms with van der Waals surface area (Å²) in [7, 11) is -7.27. The molecule has 0 unspecified atom stereocenters. The first-order valence-corrected chi connectivity index (χ1v) is 13.9. The molecule has 1 saturated heterocycles. The minimum absolute atomic E-state index is 0.0336. The molecular formula is C20H27N3O5S3. The fourth-order valence-corrected chi connectivity index (χ4v) is 7.35. The number of carbonyl (C=O) groups excluding carboxylic acids is 1. The second-order valence-corrected chi connectivity index (χ2v) is 12.9. The lowest BCUT2D eigenvalue weighted by molar-refractivity contribution is -0.128. The van der Waals surface area contributed by atoms with Gasteiger partial charge in [0.05, 0.1) is 15.5 Å². The number of benzene rings is 1. The van der Waals surface area contributed by atoms with Gasteiger partial charge in [-0.2, -0.15) is 0 Å². The van der Waals surface area contributed by atoms with Gasteiger partial charge in [-0.05, 0) is 49.4 Å². The van der Waals surface area contributed by atoms with E-state index < -0.39 is 19.7 Å². The molecule has 2 N–H and O–H groups in total. The summed E-state index contributed by atoms with van der Waals surface area (Å²) in [6.45, 7) is 4.83. The molecule has 1 aromatic carbocycles. The molecule has 0 saturated carbocycles. The molecule has 0 atom stereocenters. The zero-order valence-corrected chi connectivity index (χ0v) is 19.8. The van der Waals surface area contributed by atoms with E-state index in [9.17, 15) is 21.6 Å². The number of sulfone groups is 2. The Morgan fingerprint density at radius 2 is 1.65 bits per heavy atom. The largest absolute Gasteiger partial charge is 0.342 e. The Balaban J connectivity index is 1.66. The molecule has 1 aromatic heterocycles. The number of amides is 1. The highest BCUT2D eigenvalue weighted by Gasteiger charge is 2.23. The van der Waals surface area contributed by atoms with E-state index in [1.165, 1.54) is 30.3 Å². The number of rotatable bonds is 7. The normalized spacial score (nSPS) is 16.3. The molecule has 0 radical (unpaired) electrons. The van der Waals surface area contributed by atoms with Crippen molar-refractivity contribution in [1.82, 2.24) is 9.80 Å². The Bertz CT molecular complexity index is 1130. The molecule has 31 heavy (non-hydrogen) atoms. The van der Waals surface area contributed by atoms with Gasteiger partial charge in [-0.25, -0.2) is 16.8 Å². The monoisotopic (exact) mass is 485 g/mol. The average Bonchev–Trinajstić information content (AvgIpc) is 3.11. The summed E-state index contributed by atoms with van der Waals surface area (Å²) in [4.78, 5) is 16.3. The van der Waals surface area contributed by atoms with Gasteiger partial charge in [-0.15, -0.1) is 11.3 Å². The van der Waals surface area contributed by atoms with Crippen LogP contribution in [0.25, 0.3) is 0 Å². The highest BCUT2D eigenvalue weighted by atomic mass is 32.2. The molecule has 170 valence electrons. The zero-order valence-electron chi connectivity index (χ0n) is 17.4. The van der Waals surface area contributed by atoms with Crippen molar-refractivity contribution in [2.24, 2.45) is 5.73 Å². The number of nitrogens with zero attached hydrogens (tertiary/aromatic N) is 2. The first-order valence-electron chi connectivity index (χ1n) is 9.98.